The molecule has 1 aliphatic rings. The number of amides is 2. The summed E-state index contributed by atoms with van der Waals surface area (Å²) < 4.78 is 29.5. The number of para-hydroxylation sites is 1. The summed E-state index contributed by atoms with van der Waals surface area (Å²) in [6.07, 6.45) is 2.03. The molecule has 1 N–H and O–H groups in total. The second-order valence-electron chi connectivity index (χ2n) is 9.86. The van der Waals surface area contributed by atoms with Crippen LogP contribution in [0.25, 0.3) is 21.7 Å². The first-order chi connectivity index (χ1) is 18.8. The number of imide groups is 1. The molecular formula is C31H27N3O4S. The van der Waals surface area contributed by atoms with E-state index < -0.39 is 27.9 Å². The van der Waals surface area contributed by atoms with Gasteiger partial charge in [0.2, 0.25) is 15.9 Å². The van der Waals surface area contributed by atoms with Crippen molar-refractivity contribution in [3.05, 3.63) is 108 Å². The van der Waals surface area contributed by atoms with Gasteiger partial charge >= 0.3 is 0 Å². The van der Waals surface area contributed by atoms with Gasteiger partial charge in [0.25, 0.3) is 5.91 Å². The molecule has 1 saturated heterocycles. The van der Waals surface area contributed by atoms with Crippen molar-refractivity contribution >= 4 is 49.2 Å². The molecule has 0 spiro atoms. The number of fused-ring (bicyclic) bond motifs is 2. The van der Waals surface area contributed by atoms with E-state index in [1.807, 2.05) is 73.8 Å². The molecule has 196 valence electrons. The molecule has 2 heterocycles. The normalized spacial score (nSPS) is 16.2. The van der Waals surface area contributed by atoms with Gasteiger partial charge in [-0.05, 0) is 60.0 Å². The van der Waals surface area contributed by atoms with Crippen molar-refractivity contribution in [3.8, 4) is 0 Å². The summed E-state index contributed by atoms with van der Waals surface area (Å²) in [5, 5.41) is 2.69. The van der Waals surface area contributed by atoms with Crippen molar-refractivity contribution in [2.45, 2.75) is 30.7 Å². The molecule has 1 unspecified atom stereocenters. The van der Waals surface area contributed by atoms with Crippen LogP contribution in [0.5, 0.6) is 0 Å². The number of carbonyl (C=O) groups is 2. The van der Waals surface area contributed by atoms with Crippen LogP contribution >= 0.6 is 0 Å². The minimum Gasteiger partial charge on any atom is -0.361 e. The lowest BCUT2D eigenvalue weighted by molar-refractivity contribution is -0.122. The Kier molecular flexibility index (Phi) is 6.29. The van der Waals surface area contributed by atoms with E-state index in [1.54, 1.807) is 30.3 Å². The van der Waals surface area contributed by atoms with Crippen LogP contribution in [0.2, 0.25) is 0 Å². The highest BCUT2D eigenvalue weighted by molar-refractivity contribution is 7.89. The van der Waals surface area contributed by atoms with Gasteiger partial charge in [0.15, 0.2) is 0 Å². The second kappa shape index (κ2) is 9.80. The van der Waals surface area contributed by atoms with Gasteiger partial charge in [0.1, 0.15) is 6.04 Å². The van der Waals surface area contributed by atoms with E-state index in [2.05, 4.69) is 4.98 Å². The van der Waals surface area contributed by atoms with E-state index >= 15 is 0 Å². The van der Waals surface area contributed by atoms with Gasteiger partial charge in [-0.1, -0.05) is 66.2 Å². The van der Waals surface area contributed by atoms with Crippen molar-refractivity contribution in [2.24, 2.45) is 0 Å². The number of aromatic amines is 1. The quantitative estimate of drug-likeness (QED) is 0.289. The number of carbonyl (C=O) groups excluding carboxylic acids is 2. The molecule has 8 heteroatoms. The van der Waals surface area contributed by atoms with Crippen LogP contribution in [-0.2, 0) is 26.0 Å². The monoisotopic (exact) mass is 537 g/mol. The molecule has 1 fully saturated rings. The number of hydrogen-bond acceptors (Lipinski definition) is 4. The number of aromatic nitrogens is 1. The SMILES string of the molecule is Cc1ccc(N2C(=O)CC(N(CCc3c[nH]c4ccccc34)S(=O)(=O)c3ccc4ccccc4c3)C2=O)cc1. The third-order valence-electron chi connectivity index (χ3n) is 7.37. The average Bonchev–Trinajstić information content (AvgIpc) is 3.49. The molecular weight excluding hydrogens is 510 g/mol. The summed E-state index contributed by atoms with van der Waals surface area (Å²) in [7, 11) is -4.13. The molecule has 2 amide bonds. The summed E-state index contributed by atoms with van der Waals surface area (Å²) in [5.74, 6) is -0.952. The van der Waals surface area contributed by atoms with Crippen LogP contribution in [0.1, 0.15) is 17.5 Å². The van der Waals surface area contributed by atoms with Gasteiger partial charge in [-0.3, -0.25) is 9.59 Å². The van der Waals surface area contributed by atoms with Gasteiger partial charge in [-0.25, -0.2) is 13.3 Å². The van der Waals surface area contributed by atoms with Gasteiger partial charge in [-0.15, -0.1) is 0 Å². The van der Waals surface area contributed by atoms with E-state index in [9.17, 15) is 18.0 Å². The van der Waals surface area contributed by atoms with Crippen molar-refractivity contribution in [1.82, 2.24) is 9.29 Å². The third kappa shape index (κ3) is 4.51. The first kappa shape index (κ1) is 25.0. The van der Waals surface area contributed by atoms with E-state index in [0.29, 0.717) is 12.1 Å². The number of sulfonamides is 1. The van der Waals surface area contributed by atoms with Crippen LogP contribution in [0.3, 0.4) is 0 Å². The Morgan fingerprint density at radius 2 is 1.62 bits per heavy atom. The van der Waals surface area contributed by atoms with Gasteiger partial charge in [0, 0.05) is 23.6 Å². The average molecular weight is 538 g/mol. The van der Waals surface area contributed by atoms with E-state index in [1.165, 1.54) is 4.31 Å². The van der Waals surface area contributed by atoms with Gasteiger partial charge in [-0.2, -0.15) is 4.31 Å². The molecule has 1 aromatic heterocycles. The zero-order valence-corrected chi connectivity index (χ0v) is 22.2. The molecule has 4 aromatic carbocycles. The van der Waals surface area contributed by atoms with Crippen molar-refractivity contribution in [3.63, 3.8) is 0 Å². The van der Waals surface area contributed by atoms with Crippen LogP contribution < -0.4 is 4.90 Å². The summed E-state index contributed by atoms with van der Waals surface area (Å²) in [6.45, 7) is 1.96. The maximum absolute atomic E-state index is 14.2. The number of aryl methyl sites for hydroxylation is 1. The smallest absolute Gasteiger partial charge is 0.252 e. The Morgan fingerprint density at radius 3 is 2.41 bits per heavy atom. The summed E-state index contributed by atoms with van der Waals surface area (Å²) in [5.41, 5.74) is 3.33. The Balaban J connectivity index is 1.39. The lowest BCUT2D eigenvalue weighted by atomic mass is 10.1. The van der Waals surface area contributed by atoms with Crippen LogP contribution in [-0.4, -0.2) is 42.1 Å². The Hall–Kier alpha value is -4.27. The Bertz CT molecular complexity index is 1830. The number of nitrogens with one attached hydrogen (secondary N) is 1. The van der Waals surface area contributed by atoms with Crippen LogP contribution in [0.4, 0.5) is 5.69 Å². The minimum absolute atomic E-state index is 0.0441. The van der Waals surface area contributed by atoms with Gasteiger partial charge in [0.05, 0.1) is 17.0 Å². The first-order valence-electron chi connectivity index (χ1n) is 12.8. The van der Waals surface area contributed by atoms with Crippen molar-refractivity contribution in [1.29, 1.82) is 0 Å². The highest BCUT2D eigenvalue weighted by atomic mass is 32.2. The zero-order valence-electron chi connectivity index (χ0n) is 21.4. The predicted molar refractivity (Wildman–Crippen MR) is 152 cm³/mol. The molecule has 1 atom stereocenters. The summed E-state index contributed by atoms with van der Waals surface area (Å²) >= 11 is 0. The number of H-pyrrole nitrogens is 1. The largest absolute Gasteiger partial charge is 0.361 e. The molecule has 0 aliphatic carbocycles. The zero-order chi connectivity index (χ0) is 27.1. The maximum atomic E-state index is 14.2. The van der Waals surface area contributed by atoms with Crippen LogP contribution in [0.15, 0.2) is 102 Å². The predicted octanol–water partition coefficient (Wildman–Crippen LogP) is 5.20. The molecule has 1 aliphatic heterocycles. The minimum atomic E-state index is -4.13. The molecule has 0 bridgehead atoms. The standard InChI is InChI=1S/C31H27N3O4S/c1-21-10-13-25(14-11-21)34-30(35)19-29(31(34)36)33(17-16-24-20-32-28-9-5-4-8-27(24)28)39(37,38)26-15-12-22-6-2-3-7-23(22)18-26/h2-15,18,20,29,32H,16-17,19H2,1H3. The topological polar surface area (TPSA) is 90.6 Å². The molecule has 39 heavy (non-hydrogen) atoms. The van der Waals surface area contributed by atoms with Crippen LogP contribution in [0, 0.1) is 6.92 Å². The number of nitrogens with zero attached hydrogens (tertiary/aromatic N) is 2. The molecule has 0 radical (unpaired) electrons. The lowest BCUT2D eigenvalue weighted by Gasteiger charge is -2.27. The Morgan fingerprint density at radius 1 is 0.897 bits per heavy atom. The number of rotatable bonds is 7. The Labute approximate surface area is 226 Å². The summed E-state index contributed by atoms with van der Waals surface area (Å²) in [6, 6.07) is 26.2. The lowest BCUT2D eigenvalue weighted by Crippen LogP contribution is -2.46. The number of benzene rings is 4. The molecule has 6 rings (SSSR count). The maximum Gasteiger partial charge on any atom is 0.252 e. The fourth-order valence-corrected chi connectivity index (χ4v) is 6.90. The van der Waals surface area contributed by atoms with Crippen molar-refractivity contribution in [2.75, 3.05) is 11.4 Å². The second-order valence-corrected chi connectivity index (χ2v) is 11.7. The molecule has 0 saturated carbocycles. The summed E-state index contributed by atoms with van der Waals surface area (Å²) in [4.78, 5) is 31.2. The third-order valence-corrected chi connectivity index (χ3v) is 9.27. The first-order valence-corrected chi connectivity index (χ1v) is 14.3. The van der Waals surface area contributed by atoms with E-state index in [4.69, 9.17) is 0 Å². The van der Waals surface area contributed by atoms with Gasteiger partial charge < -0.3 is 4.98 Å². The fourth-order valence-electron chi connectivity index (χ4n) is 5.28. The van der Waals surface area contributed by atoms with E-state index in [-0.39, 0.29) is 17.9 Å². The molecule has 5 aromatic rings. The fraction of sp³-hybridized carbons (Fsp3) is 0.161. The highest BCUT2D eigenvalue weighted by Gasteiger charge is 2.46. The number of hydrogen-bond donors (Lipinski definition) is 1. The molecule has 7 nitrogen and oxygen atoms in total. The highest BCUT2D eigenvalue weighted by Crippen LogP contribution is 2.31. The number of anilines is 1. The van der Waals surface area contributed by atoms with Crippen molar-refractivity contribution < 1.29 is 18.0 Å². The van der Waals surface area contributed by atoms with E-state index in [0.717, 1.165) is 37.7 Å².